The van der Waals surface area contributed by atoms with Crippen LogP contribution in [0.25, 0.3) is 0 Å². The fourth-order valence-electron chi connectivity index (χ4n) is 2.25. The Morgan fingerprint density at radius 3 is 2.57 bits per heavy atom. The smallest absolute Gasteiger partial charge is 0.309 e. The first-order chi connectivity index (χ1) is 10.0. The first-order valence-electron chi connectivity index (χ1n) is 8.17. The van der Waals surface area contributed by atoms with E-state index in [1.165, 1.54) is 0 Å². The largest absolute Gasteiger partial charge is 0.463 e. The van der Waals surface area contributed by atoms with E-state index in [1.54, 1.807) is 0 Å². The van der Waals surface area contributed by atoms with Gasteiger partial charge in [0, 0.05) is 13.0 Å². The molecule has 1 aliphatic heterocycles. The van der Waals surface area contributed by atoms with E-state index in [-0.39, 0.29) is 30.4 Å². The maximum absolute atomic E-state index is 11.9. The van der Waals surface area contributed by atoms with E-state index < -0.39 is 0 Å². The second-order valence-corrected chi connectivity index (χ2v) is 5.97. The summed E-state index contributed by atoms with van der Waals surface area (Å²) >= 11 is 0. The SMILES string of the molecule is CCC(CCC(C)OOC1CCCCO1)C(=O)OC(C)C. The minimum absolute atomic E-state index is 0.0589. The third-order valence-electron chi connectivity index (χ3n) is 3.56. The van der Waals surface area contributed by atoms with Gasteiger partial charge in [-0.3, -0.25) is 4.79 Å². The highest BCUT2D eigenvalue weighted by Crippen LogP contribution is 2.19. The van der Waals surface area contributed by atoms with E-state index in [0.717, 1.165) is 45.1 Å². The fourth-order valence-corrected chi connectivity index (χ4v) is 2.25. The van der Waals surface area contributed by atoms with Crippen LogP contribution in [0.5, 0.6) is 0 Å². The molecule has 3 atom stereocenters. The van der Waals surface area contributed by atoms with Gasteiger partial charge in [0.1, 0.15) is 0 Å². The molecule has 1 saturated heterocycles. The Bertz CT molecular complexity index is 286. The number of carbonyl (C=O) groups is 1. The molecule has 0 spiro atoms. The summed E-state index contributed by atoms with van der Waals surface area (Å²) in [5.74, 6) is -0.180. The zero-order chi connectivity index (χ0) is 15.7. The molecule has 0 N–H and O–H groups in total. The molecule has 1 aliphatic rings. The van der Waals surface area contributed by atoms with Gasteiger partial charge in [-0.25, -0.2) is 9.78 Å². The Labute approximate surface area is 128 Å². The summed E-state index contributed by atoms with van der Waals surface area (Å²) in [6.45, 7) is 8.43. The second-order valence-electron chi connectivity index (χ2n) is 5.97. The highest BCUT2D eigenvalue weighted by Gasteiger charge is 2.21. The number of carbonyl (C=O) groups excluding carboxylic acids is 1. The van der Waals surface area contributed by atoms with Gasteiger partial charge in [0.25, 0.3) is 0 Å². The van der Waals surface area contributed by atoms with Gasteiger partial charge in [-0.15, -0.1) is 0 Å². The quantitative estimate of drug-likeness (QED) is 0.370. The maximum atomic E-state index is 11.9. The summed E-state index contributed by atoms with van der Waals surface area (Å²) in [6.07, 6.45) is 5.01. The molecule has 0 amide bonds. The lowest BCUT2D eigenvalue weighted by Crippen LogP contribution is -2.25. The summed E-state index contributed by atoms with van der Waals surface area (Å²) in [4.78, 5) is 22.5. The lowest BCUT2D eigenvalue weighted by Gasteiger charge is -2.23. The van der Waals surface area contributed by atoms with Crippen LogP contribution in [0.3, 0.4) is 0 Å². The predicted molar refractivity (Wildman–Crippen MR) is 79.5 cm³/mol. The van der Waals surface area contributed by atoms with Crippen molar-refractivity contribution in [1.82, 2.24) is 0 Å². The highest BCUT2D eigenvalue weighted by molar-refractivity contribution is 5.72. The lowest BCUT2D eigenvalue weighted by atomic mass is 9.99. The molecule has 1 rings (SSSR count). The van der Waals surface area contributed by atoms with E-state index >= 15 is 0 Å². The number of rotatable bonds is 9. The van der Waals surface area contributed by atoms with E-state index in [1.807, 2.05) is 27.7 Å². The Balaban J connectivity index is 2.20. The normalized spacial score (nSPS) is 22.0. The van der Waals surface area contributed by atoms with Crippen LogP contribution in [0.4, 0.5) is 0 Å². The molecule has 21 heavy (non-hydrogen) atoms. The van der Waals surface area contributed by atoms with Gasteiger partial charge in [0.2, 0.25) is 0 Å². The van der Waals surface area contributed by atoms with Gasteiger partial charge in [0.05, 0.1) is 18.1 Å². The van der Waals surface area contributed by atoms with Gasteiger partial charge in [-0.1, -0.05) is 6.92 Å². The molecule has 0 bridgehead atoms. The van der Waals surface area contributed by atoms with E-state index in [2.05, 4.69) is 0 Å². The Kier molecular flexibility index (Phi) is 8.88. The van der Waals surface area contributed by atoms with Crippen molar-refractivity contribution in [2.24, 2.45) is 5.92 Å². The molecule has 5 heteroatoms. The van der Waals surface area contributed by atoms with Crippen LogP contribution >= 0.6 is 0 Å². The van der Waals surface area contributed by atoms with Crippen LogP contribution in [-0.2, 0) is 24.0 Å². The molecule has 0 aromatic heterocycles. The molecule has 0 aromatic rings. The van der Waals surface area contributed by atoms with Crippen molar-refractivity contribution in [1.29, 1.82) is 0 Å². The minimum atomic E-state index is -0.242. The van der Waals surface area contributed by atoms with Crippen molar-refractivity contribution in [3.63, 3.8) is 0 Å². The molecule has 1 fully saturated rings. The lowest BCUT2D eigenvalue weighted by molar-refractivity contribution is -0.402. The van der Waals surface area contributed by atoms with E-state index in [9.17, 15) is 4.79 Å². The maximum Gasteiger partial charge on any atom is 0.309 e. The molecule has 124 valence electrons. The van der Waals surface area contributed by atoms with Crippen molar-refractivity contribution in [2.75, 3.05) is 6.61 Å². The van der Waals surface area contributed by atoms with Crippen LogP contribution in [0.2, 0.25) is 0 Å². The summed E-state index contributed by atoms with van der Waals surface area (Å²) in [5, 5.41) is 0. The van der Waals surface area contributed by atoms with Crippen LogP contribution in [0, 0.1) is 5.92 Å². The molecular weight excluding hydrogens is 272 g/mol. The van der Waals surface area contributed by atoms with Crippen LogP contribution in [0.15, 0.2) is 0 Å². The molecule has 0 radical (unpaired) electrons. The van der Waals surface area contributed by atoms with Gasteiger partial charge in [-0.2, -0.15) is 0 Å². The zero-order valence-electron chi connectivity index (χ0n) is 13.8. The number of esters is 1. The summed E-state index contributed by atoms with van der Waals surface area (Å²) in [5.41, 5.74) is 0. The molecule has 1 heterocycles. The summed E-state index contributed by atoms with van der Waals surface area (Å²) < 4.78 is 10.7. The predicted octanol–water partition coefficient (Wildman–Crippen LogP) is 3.61. The van der Waals surface area contributed by atoms with Crippen molar-refractivity contribution in [2.45, 2.75) is 84.7 Å². The van der Waals surface area contributed by atoms with E-state index in [0.29, 0.717) is 0 Å². The first kappa shape index (κ1) is 18.4. The second kappa shape index (κ2) is 10.1. The van der Waals surface area contributed by atoms with Gasteiger partial charge < -0.3 is 9.47 Å². The van der Waals surface area contributed by atoms with Gasteiger partial charge in [-0.05, 0) is 52.9 Å². The third-order valence-corrected chi connectivity index (χ3v) is 3.56. The molecular formula is C16H30O5. The number of hydrogen-bond acceptors (Lipinski definition) is 5. The third kappa shape index (κ3) is 7.79. The van der Waals surface area contributed by atoms with Gasteiger partial charge >= 0.3 is 5.97 Å². The van der Waals surface area contributed by atoms with Crippen molar-refractivity contribution >= 4 is 5.97 Å². The van der Waals surface area contributed by atoms with Crippen molar-refractivity contribution in [3.8, 4) is 0 Å². The Morgan fingerprint density at radius 2 is 2.00 bits per heavy atom. The molecule has 0 aliphatic carbocycles. The molecule has 5 nitrogen and oxygen atoms in total. The molecule has 0 aromatic carbocycles. The molecule has 0 saturated carbocycles. The Morgan fingerprint density at radius 1 is 1.24 bits per heavy atom. The fraction of sp³-hybridized carbons (Fsp3) is 0.938. The first-order valence-corrected chi connectivity index (χ1v) is 8.17. The highest BCUT2D eigenvalue weighted by atomic mass is 17.2. The van der Waals surface area contributed by atoms with Crippen molar-refractivity contribution in [3.05, 3.63) is 0 Å². The number of hydrogen-bond donors (Lipinski definition) is 0. The van der Waals surface area contributed by atoms with Crippen LogP contribution < -0.4 is 0 Å². The average molecular weight is 302 g/mol. The Hall–Kier alpha value is -0.650. The van der Waals surface area contributed by atoms with Crippen LogP contribution in [-0.4, -0.2) is 31.1 Å². The monoisotopic (exact) mass is 302 g/mol. The van der Waals surface area contributed by atoms with Crippen molar-refractivity contribution < 1.29 is 24.0 Å². The van der Waals surface area contributed by atoms with Gasteiger partial charge in [0.15, 0.2) is 6.29 Å². The molecule has 3 unspecified atom stereocenters. The zero-order valence-corrected chi connectivity index (χ0v) is 13.8. The summed E-state index contributed by atoms with van der Waals surface area (Å²) in [6, 6.07) is 0. The average Bonchev–Trinajstić information content (AvgIpc) is 2.46. The topological polar surface area (TPSA) is 54.0 Å². The van der Waals surface area contributed by atoms with E-state index in [4.69, 9.17) is 19.2 Å². The summed E-state index contributed by atoms with van der Waals surface area (Å²) in [7, 11) is 0. The number of ether oxygens (including phenoxy) is 2. The standard InChI is InChI=1S/C16H30O5/c1-5-14(16(17)19-12(2)3)10-9-13(4)20-21-15-8-6-7-11-18-15/h12-15H,5-11H2,1-4H3. The van der Waals surface area contributed by atoms with Crippen LogP contribution in [0.1, 0.15) is 66.2 Å². The minimum Gasteiger partial charge on any atom is -0.463 e.